The van der Waals surface area contributed by atoms with Crippen LogP contribution in [0.2, 0.25) is 0 Å². The van der Waals surface area contributed by atoms with E-state index >= 15 is 0 Å². The van der Waals surface area contributed by atoms with Crippen LogP contribution in [-0.4, -0.2) is 16.2 Å². The number of nitrogens with zero attached hydrogens (tertiary/aromatic N) is 2. The Bertz CT molecular complexity index is 859. The molecule has 1 heterocycles. The summed E-state index contributed by atoms with van der Waals surface area (Å²) in [5.41, 5.74) is 1.70. The highest BCUT2D eigenvalue weighted by Gasteiger charge is 2.12. The van der Waals surface area contributed by atoms with E-state index in [4.69, 9.17) is 9.15 Å². The van der Waals surface area contributed by atoms with Gasteiger partial charge in [0.25, 0.3) is 5.89 Å². The molecule has 0 amide bonds. The van der Waals surface area contributed by atoms with Crippen molar-refractivity contribution >= 4 is 28.0 Å². The lowest BCUT2D eigenvalue weighted by molar-refractivity contribution is -0.139. The first-order valence-electron chi connectivity index (χ1n) is 7.19. The molecular weight excluding hydrogens is 372 g/mol. The number of halogens is 1. The molecule has 0 atom stereocenters. The van der Waals surface area contributed by atoms with E-state index in [1.165, 1.54) is 6.08 Å². The fraction of sp³-hybridized carbons (Fsp3) is 0.0556. The summed E-state index contributed by atoms with van der Waals surface area (Å²) in [4.78, 5) is 11.7. The smallest absolute Gasteiger partial charge is 0.331 e. The third-order valence-electron chi connectivity index (χ3n) is 3.12. The zero-order valence-corrected chi connectivity index (χ0v) is 14.1. The fourth-order valence-electron chi connectivity index (χ4n) is 1.96. The predicted octanol–water partition coefficient (Wildman–Crippen LogP) is 4.26. The monoisotopic (exact) mass is 384 g/mol. The first kappa shape index (κ1) is 16.1. The van der Waals surface area contributed by atoms with Crippen molar-refractivity contribution in [2.45, 2.75) is 6.61 Å². The van der Waals surface area contributed by atoms with Crippen LogP contribution in [0.15, 0.2) is 69.6 Å². The molecule has 0 saturated heterocycles. The highest BCUT2D eigenvalue weighted by molar-refractivity contribution is 9.10. The van der Waals surface area contributed by atoms with Gasteiger partial charge in [0.2, 0.25) is 5.89 Å². The average Bonchev–Trinajstić information content (AvgIpc) is 3.08. The third-order valence-corrected chi connectivity index (χ3v) is 3.81. The SMILES string of the molecule is O=C(/C=C/c1ccccc1)OCc1nnc(-c2ccccc2Br)o1. The van der Waals surface area contributed by atoms with Gasteiger partial charge in [-0.25, -0.2) is 4.79 Å². The van der Waals surface area contributed by atoms with Gasteiger partial charge in [0, 0.05) is 10.5 Å². The Balaban J connectivity index is 1.59. The molecule has 0 aliphatic carbocycles. The van der Waals surface area contributed by atoms with Crippen LogP contribution in [0.25, 0.3) is 17.5 Å². The maximum atomic E-state index is 11.7. The molecule has 2 aromatic carbocycles. The van der Waals surface area contributed by atoms with E-state index in [9.17, 15) is 4.79 Å². The number of carbonyl (C=O) groups excluding carboxylic acids is 1. The summed E-state index contributed by atoms with van der Waals surface area (Å²) >= 11 is 3.42. The Kier molecular flexibility index (Phi) is 5.18. The van der Waals surface area contributed by atoms with Crippen LogP contribution in [0.3, 0.4) is 0 Å². The molecule has 0 fully saturated rings. The summed E-state index contributed by atoms with van der Waals surface area (Å²) in [6.07, 6.45) is 3.04. The minimum absolute atomic E-state index is 0.0740. The van der Waals surface area contributed by atoms with Gasteiger partial charge >= 0.3 is 5.97 Å². The van der Waals surface area contributed by atoms with Crippen molar-refractivity contribution < 1.29 is 13.9 Å². The van der Waals surface area contributed by atoms with Crippen LogP contribution >= 0.6 is 15.9 Å². The largest absolute Gasteiger partial charge is 0.452 e. The van der Waals surface area contributed by atoms with Crippen molar-refractivity contribution in [2.75, 3.05) is 0 Å². The normalized spacial score (nSPS) is 10.9. The van der Waals surface area contributed by atoms with E-state index in [-0.39, 0.29) is 12.5 Å². The molecule has 0 N–H and O–H groups in total. The second-order valence-electron chi connectivity index (χ2n) is 4.83. The predicted molar refractivity (Wildman–Crippen MR) is 92.7 cm³/mol. The molecule has 6 heteroatoms. The molecule has 0 aliphatic heterocycles. The van der Waals surface area contributed by atoms with Crippen LogP contribution in [0, 0.1) is 0 Å². The van der Waals surface area contributed by atoms with E-state index in [1.807, 2.05) is 54.6 Å². The van der Waals surface area contributed by atoms with Crippen molar-refractivity contribution in [1.82, 2.24) is 10.2 Å². The minimum Gasteiger partial charge on any atom is -0.452 e. The number of aromatic nitrogens is 2. The first-order chi connectivity index (χ1) is 11.7. The van der Waals surface area contributed by atoms with Crippen molar-refractivity contribution in [3.05, 3.63) is 76.6 Å². The molecule has 3 aromatic rings. The molecule has 0 aliphatic rings. The van der Waals surface area contributed by atoms with Crippen LogP contribution in [0.1, 0.15) is 11.5 Å². The molecule has 5 nitrogen and oxygen atoms in total. The maximum absolute atomic E-state index is 11.7. The number of rotatable bonds is 5. The summed E-state index contributed by atoms with van der Waals surface area (Å²) in [5, 5.41) is 7.85. The Labute approximate surface area is 147 Å². The van der Waals surface area contributed by atoms with Gasteiger partial charge in [-0.1, -0.05) is 42.5 Å². The standard InChI is InChI=1S/C18H13BrN2O3/c19-15-9-5-4-8-14(15)18-21-20-16(24-18)12-23-17(22)11-10-13-6-2-1-3-7-13/h1-11H,12H2/b11-10+. The van der Waals surface area contributed by atoms with Gasteiger partial charge in [-0.05, 0) is 39.7 Å². The second kappa shape index (κ2) is 7.70. The first-order valence-corrected chi connectivity index (χ1v) is 7.99. The highest BCUT2D eigenvalue weighted by Crippen LogP contribution is 2.26. The summed E-state index contributed by atoms with van der Waals surface area (Å²) in [6, 6.07) is 17.0. The van der Waals surface area contributed by atoms with Crippen LogP contribution in [0.5, 0.6) is 0 Å². The van der Waals surface area contributed by atoms with Crippen LogP contribution < -0.4 is 0 Å². The quantitative estimate of drug-likeness (QED) is 0.485. The minimum atomic E-state index is -0.473. The number of hydrogen-bond acceptors (Lipinski definition) is 5. The number of ether oxygens (including phenoxy) is 1. The summed E-state index contributed by atoms with van der Waals surface area (Å²) < 4.78 is 11.5. The van der Waals surface area contributed by atoms with Gasteiger partial charge in [-0.3, -0.25) is 0 Å². The van der Waals surface area contributed by atoms with Gasteiger partial charge in [0.15, 0.2) is 6.61 Å². The summed E-state index contributed by atoms with van der Waals surface area (Å²) in [6.45, 7) is -0.0740. The van der Waals surface area contributed by atoms with Gasteiger partial charge in [-0.15, -0.1) is 10.2 Å². The zero-order chi connectivity index (χ0) is 16.8. The van der Waals surface area contributed by atoms with Gasteiger partial charge < -0.3 is 9.15 Å². The molecular formula is C18H13BrN2O3. The van der Waals surface area contributed by atoms with E-state index < -0.39 is 5.97 Å². The summed E-state index contributed by atoms with van der Waals surface area (Å²) in [5.74, 6) is 0.134. The molecule has 120 valence electrons. The number of hydrogen-bond donors (Lipinski definition) is 0. The van der Waals surface area contributed by atoms with Crippen LogP contribution in [0.4, 0.5) is 0 Å². The van der Waals surface area contributed by atoms with Gasteiger partial charge in [0.05, 0.1) is 5.56 Å². The van der Waals surface area contributed by atoms with Crippen molar-refractivity contribution in [3.8, 4) is 11.5 Å². The van der Waals surface area contributed by atoms with Crippen LogP contribution in [-0.2, 0) is 16.1 Å². The Morgan fingerprint density at radius 2 is 1.83 bits per heavy atom. The third kappa shape index (κ3) is 4.17. The number of carbonyl (C=O) groups is 1. The molecule has 0 saturated carbocycles. The lowest BCUT2D eigenvalue weighted by atomic mass is 10.2. The molecule has 3 rings (SSSR count). The number of benzene rings is 2. The fourth-order valence-corrected chi connectivity index (χ4v) is 2.42. The van der Waals surface area contributed by atoms with Gasteiger partial charge in [0.1, 0.15) is 0 Å². The second-order valence-corrected chi connectivity index (χ2v) is 5.69. The topological polar surface area (TPSA) is 65.2 Å². The van der Waals surface area contributed by atoms with E-state index in [1.54, 1.807) is 6.08 Å². The molecule has 24 heavy (non-hydrogen) atoms. The molecule has 0 bridgehead atoms. The van der Waals surface area contributed by atoms with Crippen molar-refractivity contribution in [2.24, 2.45) is 0 Å². The molecule has 0 radical (unpaired) electrons. The lowest BCUT2D eigenvalue weighted by Gasteiger charge is -1.98. The van der Waals surface area contributed by atoms with E-state index in [0.29, 0.717) is 5.89 Å². The van der Waals surface area contributed by atoms with Crippen molar-refractivity contribution in [1.29, 1.82) is 0 Å². The molecule has 0 spiro atoms. The summed E-state index contributed by atoms with van der Waals surface area (Å²) in [7, 11) is 0. The maximum Gasteiger partial charge on any atom is 0.331 e. The highest BCUT2D eigenvalue weighted by atomic mass is 79.9. The molecule has 1 aromatic heterocycles. The lowest BCUT2D eigenvalue weighted by Crippen LogP contribution is -2.00. The molecule has 0 unspecified atom stereocenters. The Morgan fingerprint density at radius 1 is 1.08 bits per heavy atom. The van der Waals surface area contributed by atoms with Gasteiger partial charge in [-0.2, -0.15) is 0 Å². The van der Waals surface area contributed by atoms with E-state index in [2.05, 4.69) is 26.1 Å². The Morgan fingerprint density at radius 3 is 2.62 bits per heavy atom. The number of esters is 1. The Hall–Kier alpha value is -2.73. The van der Waals surface area contributed by atoms with Crippen molar-refractivity contribution in [3.63, 3.8) is 0 Å². The average molecular weight is 385 g/mol. The van der Waals surface area contributed by atoms with E-state index in [0.717, 1.165) is 15.6 Å². The zero-order valence-electron chi connectivity index (χ0n) is 12.6.